The lowest BCUT2D eigenvalue weighted by Gasteiger charge is -2.20. The molecule has 0 radical (unpaired) electrons. The summed E-state index contributed by atoms with van der Waals surface area (Å²) in [5.74, 6) is -0.182. The molecule has 0 heterocycles. The van der Waals surface area contributed by atoms with Gasteiger partial charge in [0.05, 0.1) is 6.04 Å². The third-order valence-electron chi connectivity index (χ3n) is 4.07. The fraction of sp³-hybridized carbons (Fsp3) is 0.333. The van der Waals surface area contributed by atoms with Crippen molar-refractivity contribution in [2.45, 2.75) is 32.2 Å². The molecule has 3 rings (SSSR count). The van der Waals surface area contributed by atoms with Crippen LogP contribution in [0.3, 0.4) is 0 Å². The molecule has 1 aliphatic rings. The molecule has 1 aliphatic carbocycles. The summed E-state index contributed by atoms with van der Waals surface area (Å²) in [6, 6.07) is 13.7. The second-order valence-electron chi connectivity index (χ2n) is 5.42. The van der Waals surface area contributed by atoms with Crippen LogP contribution in [0, 0.1) is 5.82 Å². The second kappa shape index (κ2) is 5.76. The van der Waals surface area contributed by atoms with Gasteiger partial charge >= 0.3 is 0 Å². The average molecular weight is 269 g/mol. The quantitative estimate of drug-likeness (QED) is 0.884. The molecule has 0 amide bonds. The molecule has 2 heteroatoms. The van der Waals surface area contributed by atoms with Crippen molar-refractivity contribution in [3.63, 3.8) is 0 Å². The Hall–Kier alpha value is -1.67. The predicted molar refractivity (Wildman–Crippen MR) is 80.4 cm³/mol. The van der Waals surface area contributed by atoms with Gasteiger partial charge < -0.3 is 5.32 Å². The highest BCUT2D eigenvalue weighted by Gasteiger charge is 2.17. The molecule has 0 spiro atoms. The number of fused-ring (bicyclic) bond motifs is 1. The summed E-state index contributed by atoms with van der Waals surface area (Å²) in [6.07, 6.45) is 3.66. The van der Waals surface area contributed by atoms with E-state index in [-0.39, 0.29) is 11.9 Å². The van der Waals surface area contributed by atoms with Crippen molar-refractivity contribution in [2.24, 2.45) is 0 Å². The molecule has 20 heavy (non-hydrogen) atoms. The number of nitrogens with one attached hydrogen (secondary N) is 1. The van der Waals surface area contributed by atoms with Crippen LogP contribution in [0.5, 0.6) is 0 Å². The Morgan fingerprint density at radius 1 is 1.00 bits per heavy atom. The van der Waals surface area contributed by atoms with E-state index in [9.17, 15) is 4.39 Å². The van der Waals surface area contributed by atoms with Crippen LogP contribution in [-0.2, 0) is 12.8 Å². The molecular formula is C18H20FN. The maximum absolute atomic E-state index is 13.1. The van der Waals surface area contributed by atoms with Crippen LogP contribution in [0.2, 0.25) is 0 Å². The Kier molecular flexibility index (Phi) is 3.83. The molecule has 0 bridgehead atoms. The van der Waals surface area contributed by atoms with Crippen LogP contribution >= 0.6 is 0 Å². The monoisotopic (exact) mass is 269 g/mol. The van der Waals surface area contributed by atoms with E-state index in [1.54, 1.807) is 0 Å². The van der Waals surface area contributed by atoms with Gasteiger partial charge in [0.2, 0.25) is 0 Å². The Balaban J connectivity index is 1.95. The normalized spacial score (nSPS) is 15.1. The number of hydrogen-bond acceptors (Lipinski definition) is 1. The van der Waals surface area contributed by atoms with Crippen molar-refractivity contribution < 1.29 is 4.39 Å². The first-order valence-corrected chi connectivity index (χ1v) is 7.38. The Morgan fingerprint density at radius 2 is 1.70 bits per heavy atom. The summed E-state index contributed by atoms with van der Waals surface area (Å²) in [5, 5.41) is 3.50. The van der Waals surface area contributed by atoms with Gasteiger partial charge in [0.15, 0.2) is 0 Å². The molecule has 2 aromatic rings. The second-order valence-corrected chi connectivity index (χ2v) is 5.42. The Labute approximate surface area is 119 Å². The van der Waals surface area contributed by atoms with E-state index in [1.165, 1.54) is 48.1 Å². The van der Waals surface area contributed by atoms with E-state index in [1.807, 2.05) is 12.1 Å². The predicted octanol–water partition coefficient (Wildman–Crippen LogP) is 4.01. The fourth-order valence-corrected chi connectivity index (χ4v) is 3.06. The Bertz CT molecular complexity index is 589. The first-order valence-electron chi connectivity index (χ1n) is 7.38. The molecule has 2 aromatic carbocycles. The summed E-state index contributed by atoms with van der Waals surface area (Å²) in [5.41, 5.74) is 5.36. The van der Waals surface area contributed by atoms with E-state index in [2.05, 4.69) is 30.4 Å². The first-order chi connectivity index (χ1) is 9.78. The third-order valence-corrected chi connectivity index (χ3v) is 4.07. The number of hydrogen-bond donors (Lipinski definition) is 1. The molecule has 0 saturated carbocycles. The summed E-state index contributed by atoms with van der Waals surface area (Å²) in [7, 11) is 0. The fourth-order valence-electron chi connectivity index (χ4n) is 3.06. The van der Waals surface area contributed by atoms with Crippen molar-refractivity contribution in [3.8, 4) is 0 Å². The summed E-state index contributed by atoms with van der Waals surface area (Å²) < 4.78 is 13.1. The molecule has 0 aliphatic heterocycles. The number of benzene rings is 2. The lowest BCUT2D eigenvalue weighted by atomic mass is 9.95. The van der Waals surface area contributed by atoms with Gasteiger partial charge in [-0.25, -0.2) is 4.39 Å². The zero-order chi connectivity index (χ0) is 13.9. The van der Waals surface area contributed by atoms with E-state index >= 15 is 0 Å². The van der Waals surface area contributed by atoms with Gasteiger partial charge in [0.25, 0.3) is 0 Å². The van der Waals surface area contributed by atoms with Gasteiger partial charge in [0.1, 0.15) is 5.82 Å². The van der Waals surface area contributed by atoms with Crippen molar-refractivity contribution in [1.29, 1.82) is 0 Å². The number of rotatable bonds is 4. The smallest absolute Gasteiger partial charge is 0.123 e. The summed E-state index contributed by atoms with van der Waals surface area (Å²) in [6.45, 7) is 2.99. The van der Waals surface area contributed by atoms with Gasteiger partial charge in [-0.05, 0) is 60.2 Å². The minimum Gasteiger partial charge on any atom is -0.307 e. The van der Waals surface area contributed by atoms with E-state index < -0.39 is 0 Å². The molecule has 1 N–H and O–H groups in total. The van der Waals surface area contributed by atoms with Crippen LogP contribution in [0.1, 0.15) is 41.6 Å². The molecule has 1 unspecified atom stereocenters. The SMILES string of the molecule is CCNC(c1ccc(F)cc1)c1ccc2c(c1)CCC2. The standard InChI is InChI=1S/C18H20FN/c1-2-20-18(14-8-10-17(19)11-9-14)16-7-6-13-4-3-5-15(13)12-16/h6-12,18,20H,2-5H2,1H3. The van der Waals surface area contributed by atoms with Crippen molar-refractivity contribution >= 4 is 0 Å². The van der Waals surface area contributed by atoms with Crippen molar-refractivity contribution in [2.75, 3.05) is 6.54 Å². The van der Waals surface area contributed by atoms with Gasteiger partial charge in [-0.15, -0.1) is 0 Å². The molecule has 1 atom stereocenters. The molecule has 0 fully saturated rings. The molecule has 104 valence electrons. The lowest BCUT2D eigenvalue weighted by Crippen LogP contribution is -2.22. The molecule has 1 nitrogen and oxygen atoms in total. The molecule has 0 saturated heterocycles. The van der Waals surface area contributed by atoms with Crippen LogP contribution in [0.4, 0.5) is 4.39 Å². The van der Waals surface area contributed by atoms with Crippen molar-refractivity contribution in [3.05, 3.63) is 70.5 Å². The minimum absolute atomic E-state index is 0.145. The summed E-state index contributed by atoms with van der Waals surface area (Å²) in [4.78, 5) is 0. The zero-order valence-electron chi connectivity index (χ0n) is 11.8. The zero-order valence-corrected chi connectivity index (χ0v) is 11.8. The minimum atomic E-state index is -0.182. The topological polar surface area (TPSA) is 12.0 Å². The largest absolute Gasteiger partial charge is 0.307 e. The van der Waals surface area contributed by atoms with E-state index in [0.29, 0.717) is 0 Å². The third kappa shape index (κ3) is 2.61. The van der Waals surface area contributed by atoms with Gasteiger partial charge in [0, 0.05) is 0 Å². The summed E-state index contributed by atoms with van der Waals surface area (Å²) >= 11 is 0. The van der Waals surface area contributed by atoms with Crippen LogP contribution in [0.25, 0.3) is 0 Å². The number of aryl methyl sites for hydroxylation is 2. The highest BCUT2D eigenvalue weighted by Crippen LogP contribution is 2.28. The molecule has 0 aromatic heterocycles. The lowest BCUT2D eigenvalue weighted by molar-refractivity contribution is 0.613. The maximum atomic E-state index is 13.1. The highest BCUT2D eigenvalue weighted by atomic mass is 19.1. The average Bonchev–Trinajstić information content (AvgIpc) is 2.93. The van der Waals surface area contributed by atoms with Crippen molar-refractivity contribution in [1.82, 2.24) is 5.32 Å². The van der Waals surface area contributed by atoms with Crippen LogP contribution < -0.4 is 5.32 Å². The van der Waals surface area contributed by atoms with E-state index in [0.717, 1.165) is 12.1 Å². The van der Waals surface area contributed by atoms with Crippen LogP contribution in [0.15, 0.2) is 42.5 Å². The van der Waals surface area contributed by atoms with Gasteiger partial charge in [-0.2, -0.15) is 0 Å². The maximum Gasteiger partial charge on any atom is 0.123 e. The first kappa shape index (κ1) is 13.3. The molecular weight excluding hydrogens is 249 g/mol. The van der Waals surface area contributed by atoms with Gasteiger partial charge in [-0.1, -0.05) is 37.3 Å². The highest BCUT2D eigenvalue weighted by molar-refractivity contribution is 5.40. The van der Waals surface area contributed by atoms with Crippen LogP contribution in [-0.4, -0.2) is 6.54 Å². The van der Waals surface area contributed by atoms with E-state index in [4.69, 9.17) is 0 Å². The van der Waals surface area contributed by atoms with Gasteiger partial charge in [-0.3, -0.25) is 0 Å². The number of halogens is 1. The Morgan fingerprint density at radius 3 is 2.45 bits per heavy atom.